The molecule has 0 unspecified atom stereocenters. The van der Waals surface area contributed by atoms with Gasteiger partial charge in [0.2, 0.25) is 0 Å². The number of hydrogen-bond acceptors (Lipinski definition) is 2. The van der Waals surface area contributed by atoms with Gasteiger partial charge < -0.3 is 9.47 Å². The second-order valence-electron chi connectivity index (χ2n) is 5.51. The van der Waals surface area contributed by atoms with Crippen molar-refractivity contribution in [3.63, 3.8) is 0 Å². The normalized spacial score (nSPS) is 13.1. The molecule has 2 aliphatic heterocycles. The van der Waals surface area contributed by atoms with Gasteiger partial charge in [-0.15, -0.1) is 0 Å². The van der Waals surface area contributed by atoms with E-state index in [4.69, 9.17) is 9.47 Å². The topological polar surface area (TPSA) is 18.5 Å². The summed E-state index contributed by atoms with van der Waals surface area (Å²) >= 11 is 0. The Hall–Kier alpha value is -3.10. The molecular weight excluding hydrogens is 272 g/mol. The first-order valence-corrected chi connectivity index (χ1v) is 7.21. The van der Waals surface area contributed by atoms with Crippen molar-refractivity contribution in [3.8, 4) is 23.0 Å². The molecule has 0 amide bonds. The second-order valence-corrected chi connectivity index (χ2v) is 5.51. The van der Waals surface area contributed by atoms with Gasteiger partial charge in [-0.1, -0.05) is 36.4 Å². The Labute approximate surface area is 128 Å². The average molecular weight is 282 g/mol. The highest BCUT2D eigenvalue weighted by atomic mass is 16.5. The van der Waals surface area contributed by atoms with E-state index in [0.29, 0.717) is 0 Å². The fourth-order valence-corrected chi connectivity index (χ4v) is 3.03. The summed E-state index contributed by atoms with van der Waals surface area (Å²) in [6.45, 7) is 0. The molecule has 0 saturated heterocycles. The molecule has 0 radical (unpaired) electrons. The molecule has 2 heterocycles. The molecule has 2 heteroatoms. The second kappa shape index (κ2) is 4.20. The fourth-order valence-electron chi connectivity index (χ4n) is 3.03. The first-order valence-electron chi connectivity index (χ1n) is 7.21. The Morgan fingerprint density at radius 3 is 2.41 bits per heavy atom. The summed E-state index contributed by atoms with van der Waals surface area (Å²) in [5.74, 6) is 3.31. The minimum atomic E-state index is 0.792. The van der Waals surface area contributed by atoms with Gasteiger partial charge in [-0.05, 0) is 18.2 Å². The molecule has 0 fully saturated rings. The fraction of sp³-hybridized carbons (Fsp3) is 0.100. The smallest absolute Gasteiger partial charge is 0.173 e. The van der Waals surface area contributed by atoms with Crippen LogP contribution in [0.25, 0.3) is 0 Å². The van der Waals surface area contributed by atoms with E-state index in [-0.39, 0.29) is 0 Å². The molecule has 0 spiro atoms. The van der Waals surface area contributed by atoms with E-state index in [1.807, 2.05) is 24.3 Å². The number of fused-ring (bicyclic) bond motifs is 5. The molecule has 3 aromatic rings. The molecule has 0 aliphatic carbocycles. The van der Waals surface area contributed by atoms with Crippen LogP contribution in [0.15, 0.2) is 36.4 Å². The van der Waals surface area contributed by atoms with Crippen molar-refractivity contribution in [2.24, 2.45) is 0 Å². The van der Waals surface area contributed by atoms with Crippen molar-refractivity contribution in [1.82, 2.24) is 0 Å². The molecule has 0 aromatic heterocycles. The van der Waals surface area contributed by atoms with Crippen molar-refractivity contribution in [3.05, 3.63) is 82.9 Å². The summed E-state index contributed by atoms with van der Waals surface area (Å²) in [7, 11) is 0. The summed E-state index contributed by atoms with van der Waals surface area (Å²) in [4.78, 5) is 0. The molecule has 0 N–H and O–H groups in total. The molecule has 0 atom stereocenters. The van der Waals surface area contributed by atoms with Crippen LogP contribution in [-0.2, 0) is 12.8 Å². The van der Waals surface area contributed by atoms with Crippen molar-refractivity contribution >= 4 is 0 Å². The molecule has 5 rings (SSSR count). The molecule has 2 nitrogen and oxygen atoms in total. The zero-order valence-electron chi connectivity index (χ0n) is 11.7. The Kier molecular flexibility index (Phi) is 2.20. The molecule has 102 valence electrons. The van der Waals surface area contributed by atoms with E-state index >= 15 is 0 Å². The third kappa shape index (κ3) is 1.59. The Balaban J connectivity index is 1.64. The maximum Gasteiger partial charge on any atom is 0.173 e. The minimum absolute atomic E-state index is 0.792. The van der Waals surface area contributed by atoms with Gasteiger partial charge in [-0.2, -0.15) is 0 Å². The molecule has 3 aromatic carbocycles. The van der Waals surface area contributed by atoms with E-state index in [9.17, 15) is 0 Å². The molecule has 0 saturated carbocycles. The van der Waals surface area contributed by atoms with E-state index in [1.54, 1.807) is 0 Å². The summed E-state index contributed by atoms with van der Waals surface area (Å²) < 4.78 is 12.2. The lowest BCUT2D eigenvalue weighted by Gasteiger charge is -2.26. The van der Waals surface area contributed by atoms with Crippen LogP contribution < -0.4 is 9.47 Å². The molecule has 2 aliphatic rings. The quantitative estimate of drug-likeness (QED) is 0.422. The lowest BCUT2D eigenvalue weighted by Crippen LogP contribution is -2.09. The van der Waals surface area contributed by atoms with Crippen molar-refractivity contribution in [1.29, 1.82) is 0 Å². The third-order valence-corrected chi connectivity index (χ3v) is 4.14. The summed E-state index contributed by atoms with van der Waals surface area (Å²) in [6, 6.07) is 23.8. The predicted octanol–water partition coefficient (Wildman–Crippen LogP) is 4.28. The standard InChI is InChI=1S/C20H10O2/c1-3-7-17-13(5-1)11-15-9-10-16-12-14-6-2-4-8-18(14)22-20(16)19(15)21-17/h3,6-10H,11-12H2. The first-order chi connectivity index (χ1) is 10.9. The van der Waals surface area contributed by atoms with Gasteiger partial charge in [0, 0.05) is 41.2 Å². The van der Waals surface area contributed by atoms with Gasteiger partial charge in [-0.25, -0.2) is 0 Å². The van der Waals surface area contributed by atoms with Gasteiger partial charge in [0.1, 0.15) is 11.5 Å². The number of benzene rings is 1. The summed E-state index contributed by atoms with van der Waals surface area (Å²) in [5.41, 5.74) is 4.43. The van der Waals surface area contributed by atoms with Crippen LogP contribution in [-0.4, -0.2) is 0 Å². The highest BCUT2D eigenvalue weighted by Crippen LogP contribution is 2.48. The highest BCUT2D eigenvalue weighted by molar-refractivity contribution is 5.62. The van der Waals surface area contributed by atoms with E-state index < -0.39 is 0 Å². The highest BCUT2D eigenvalue weighted by Gasteiger charge is 2.26. The van der Waals surface area contributed by atoms with Gasteiger partial charge in [0.15, 0.2) is 11.5 Å². The van der Waals surface area contributed by atoms with Crippen molar-refractivity contribution in [2.75, 3.05) is 0 Å². The van der Waals surface area contributed by atoms with Gasteiger partial charge >= 0.3 is 0 Å². The largest absolute Gasteiger partial charge is 0.452 e. The van der Waals surface area contributed by atoms with E-state index in [0.717, 1.165) is 58.1 Å². The van der Waals surface area contributed by atoms with Crippen molar-refractivity contribution < 1.29 is 9.47 Å². The maximum atomic E-state index is 6.10. The monoisotopic (exact) mass is 282 g/mol. The van der Waals surface area contributed by atoms with Gasteiger partial charge in [0.05, 0.1) is 0 Å². The average Bonchev–Trinajstić information content (AvgIpc) is 2.58. The Bertz CT molecular complexity index is 821. The van der Waals surface area contributed by atoms with Crippen LogP contribution in [0.2, 0.25) is 0 Å². The third-order valence-electron chi connectivity index (χ3n) is 4.14. The number of ether oxygens (including phenoxy) is 2. The Morgan fingerprint density at radius 1 is 0.727 bits per heavy atom. The van der Waals surface area contributed by atoms with E-state index in [1.165, 1.54) is 0 Å². The lowest BCUT2D eigenvalue weighted by molar-refractivity contribution is 0.395. The molecule has 22 heavy (non-hydrogen) atoms. The van der Waals surface area contributed by atoms with Crippen LogP contribution >= 0.6 is 0 Å². The van der Waals surface area contributed by atoms with Gasteiger partial charge in [-0.3, -0.25) is 0 Å². The van der Waals surface area contributed by atoms with Crippen LogP contribution in [0.4, 0.5) is 0 Å². The predicted molar refractivity (Wildman–Crippen MR) is 80.4 cm³/mol. The van der Waals surface area contributed by atoms with Crippen LogP contribution in [0.3, 0.4) is 0 Å². The van der Waals surface area contributed by atoms with Crippen LogP contribution in [0, 0.1) is 24.3 Å². The van der Waals surface area contributed by atoms with Crippen LogP contribution in [0.1, 0.15) is 22.3 Å². The summed E-state index contributed by atoms with van der Waals surface area (Å²) in [6.07, 6.45) is 1.62. The lowest BCUT2D eigenvalue weighted by atomic mass is 9.95. The molecule has 0 bridgehead atoms. The van der Waals surface area contributed by atoms with Crippen LogP contribution in [0.5, 0.6) is 23.0 Å². The summed E-state index contributed by atoms with van der Waals surface area (Å²) in [5, 5.41) is 0. The SMILES string of the molecule is c1ccc2c(c#1)Cc1ccc3c(c1O2)Oc1cc#ccc1C3. The molecular formula is C20H10O2. The van der Waals surface area contributed by atoms with E-state index in [2.05, 4.69) is 36.4 Å². The van der Waals surface area contributed by atoms with Crippen molar-refractivity contribution in [2.45, 2.75) is 12.8 Å². The van der Waals surface area contributed by atoms with Gasteiger partial charge in [0.25, 0.3) is 0 Å². The number of rotatable bonds is 0. The first kappa shape index (κ1) is 11.5. The zero-order valence-corrected chi connectivity index (χ0v) is 11.7. The number of hydrogen-bond donors (Lipinski definition) is 0. The Morgan fingerprint density at radius 2 is 1.50 bits per heavy atom. The zero-order chi connectivity index (χ0) is 14.5. The minimum Gasteiger partial charge on any atom is -0.452 e. The maximum absolute atomic E-state index is 6.10.